The van der Waals surface area contributed by atoms with Crippen LogP contribution in [0.5, 0.6) is 0 Å². The third-order valence-corrected chi connectivity index (χ3v) is 8.35. The molecule has 0 unspecified atom stereocenters. The van der Waals surface area contributed by atoms with Crippen LogP contribution in [0.1, 0.15) is 129 Å². The van der Waals surface area contributed by atoms with Gasteiger partial charge < -0.3 is 42.0 Å². The second-order valence-corrected chi connectivity index (χ2v) is 14.7. The van der Waals surface area contributed by atoms with E-state index in [1.54, 1.807) is 36.4 Å². The number of carbonyl (C=O) groups excluding carboxylic acids is 5. The van der Waals surface area contributed by atoms with E-state index in [1.807, 2.05) is 27.7 Å². The zero-order valence-corrected chi connectivity index (χ0v) is 38.6. The number of hydrogen-bond acceptors (Lipinski definition) is 18. The zero-order valence-electron chi connectivity index (χ0n) is 38.6. The number of carboxylic acids is 3. The number of carboxylic acid groups (broad SMARTS) is 3. The zero-order chi connectivity index (χ0) is 50.9. The van der Waals surface area contributed by atoms with Crippen LogP contribution in [0.25, 0.3) is 0 Å². The number of unbranched alkanes of at least 4 members (excludes halogenated alkanes) is 3. The average Bonchev–Trinajstić information content (AvgIpc) is 3.62. The summed E-state index contributed by atoms with van der Waals surface area (Å²) in [6.45, 7) is 8.91. The number of hydrazone groups is 2. The number of amides is 4. The lowest BCUT2D eigenvalue weighted by molar-refractivity contribution is -0.172. The summed E-state index contributed by atoms with van der Waals surface area (Å²) in [5, 5.41) is 39.0. The molecular formula is C44H62N12O12. The molecule has 68 heavy (non-hydrogen) atoms. The van der Waals surface area contributed by atoms with Gasteiger partial charge in [-0.2, -0.15) is 10.2 Å². The lowest BCUT2D eigenvalue weighted by Crippen LogP contribution is -2.32. The third kappa shape index (κ3) is 26.8. The van der Waals surface area contributed by atoms with Gasteiger partial charge in [0.15, 0.2) is 0 Å². The van der Waals surface area contributed by atoms with Gasteiger partial charge in [-0.15, -0.1) is 5.06 Å². The number of pyridine rings is 2. The Hall–Kier alpha value is -7.86. The molecular weight excluding hydrogens is 889 g/mol. The smallest absolute Gasteiger partial charge is 0.363 e. The van der Waals surface area contributed by atoms with Crippen molar-refractivity contribution in [3.63, 3.8) is 0 Å². The van der Waals surface area contributed by atoms with Gasteiger partial charge >= 0.3 is 23.9 Å². The number of hydrazine groups is 1. The van der Waals surface area contributed by atoms with E-state index in [0.717, 1.165) is 17.8 Å². The quantitative estimate of drug-likeness (QED) is 0.0210. The Morgan fingerprint density at radius 2 is 1.04 bits per heavy atom. The molecule has 1 aliphatic rings. The Bertz CT molecular complexity index is 2130. The molecule has 2 aromatic heterocycles. The highest BCUT2D eigenvalue weighted by Crippen LogP contribution is 2.16. The summed E-state index contributed by atoms with van der Waals surface area (Å²) >= 11 is 0. The highest BCUT2D eigenvalue weighted by atomic mass is 16.7. The Morgan fingerprint density at radius 3 is 1.44 bits per heavy atom. The molecule has 0 radical (unpaired) electrons. The third-order valence-electron chi connectivity index (χ3n) is 8.35. The molecule has 4 rings (SSSR count). The minimum absolute atomic E-state index is 0.0728. The standard InChI is InChI=1S/C14H20N4O3.C14H15N3O4.C11H16N4O3.C5H11NO2/c1-10(2)17-18-12-7-6-11(9-16-12)14(21)15-8-4-3-5-13(19)20;1-9(2)15-16-11-5-3-10(4-6-11)14(20)21-17-12(18)7-8-13(17)19;12-15-9-5-4-8(7-14-9)11(18)13-6-2-1-3-10(16)17;6-4-2-1-3-5(7)8/h6-7,9H,3-5,8H2,1-2H3,(H,15,21)(H,16,18)(H,19,20);3-6,16H,7-8H2,1-2H3;4-5,7H,1-3,6,12H2,(H,13,18)(H,14,15)(H,16,17);1-4,6H2,(H,7,8). The van der Waals surface area contributed by atoms with Crippen molar-refractivity contribution in [2.75, 3.05) is 35.9 Å². The van der Waals surface area contributed by atoms with E-state index >= 15 is 0 Å². The predicted molar refractivity (Wildman–Crippen MR) is 252 cm³/mol. The highest BCUT2D eigenvalue weighted by molar-refractivity contribution is 6.03. The molecule has 1 saturated heterocycles. The van der Waals surface area contributed by atoms with E-state index < -0.39 is 35.7 Å². The summed E-state index contributed by atoms with van der Waals surface area (Å²) in [5.74, 6) is 1.61. The monoisotopic (exact) mass is 950 g/mol. The van der Waals surface area contributed by atoms with Gasteiger partial charge in [-0.1, -0.05) is 0 Å². The number of imide groups is 1. The topological polar surface area (TPSA) is 372 Å². The fourth-order valence-corrected chi connectivity index (χ4v) is 4.86. The maximum absolute atomic E-state index is 11.9. The van der Waals surface area contributed by atoms with Crippen molar-refractivity contribution in [2.45, 2.75) is 98.3 Å². The van der Waals surface area contributed by atoms with Gasteiger partial charge in [0.1, 0.15) is 11.6 Å². The number of aromatic nitrogens is 2. The summed E-state index contributed by atoms with van der Waals surface area (Å²) in [4.78, 5) is 101. The number of nitrogen functional groups attached to an aromatic ring is 1. The van der Waals surface area contributed by atoms with Gasteiger partial charge in [-0.25, -0.2) is 20.6 Å². The maximum atomic E-state index is 11.9. The van der Waals surface area contributed by atoms with Crippen LogP contribution >= 0.6 is 0 Å². The van der Waals surface area contributed by atoms with Crippen LogP contribution in [0, 0.1) is 0 Å². The molecule has 1 fully saturated rings. The number of rotatable bonds is 23. The van der Waals surface area contributed by atoms with Gasteiger partial charge in [-0.05, 0) is 121 Å². The lowest BCUT2D eigenvalue weighted by atomic mass is 10.2. The van der Waals surface area contributed by atoms with Crippen LogP contribution in [-0.2, 0) is 28.8 Å². The molecule has 24 heteroatoms. The van der Waals surface area contributed by atoms with Crippen molar-refractivity contribution in [3.8, 4) is 0 Å². The van der Waals surface area contributed by atoms with Crippen LogP contribution in [0.15, 0.2) is 71.1 Å². The van der Waals surface area contributed by atoms with E-state index in [9.17, 15) is 38.4 Å². The molecule has 1 aliphatic heterocycles. The SMILES string of the molecule is CC(C)=NNc1ccc(C(=O)NCCCCC(=O)O)cn1.CC(C)=NNc1ccc(C(=O)ON2C(=O)CCC2=O)cc1.NCCCCC(=O)O.NNc1ccc(C(=O)NCCCCC(=O)O)cn1. The first-order chi connectivity index (χ1) is 32.4. The molecule has 0 atom stereocenters. The van der Waals surface area contributed by atoms with E-state index in [1.165, 1.54) is 24.5 Å². The van der Waals surface area contributed by atoms with Gasteiger partial charge in [0.25, 0.3) is 23.6 Å². The minimum Gasteiger partial charge on any atom is -0.481 e. The van der Waals surface area contributed by atoms with Gasteiger partial charge in [0, 0.05) is 69.0 Å². The second kappa shape index (κ2) is 33.6. The summed E-state index contributed by atoms with van der Waals surface area (Å²) < 4.78 is 0. The minimum atomic E-state index is -0.824. The highest BCUT2D eigenvalue weighted by Gasteiger charge is 2.33. The van der Waals surface area contributed by atoms with Gasteiger partial charge in [-0.3, -0.25) is 44.4 Å². The van der Waals surface area contributed by atoms with Crippen molar-refractivity contribution < 1.29 is 58.5 Å². The van der Waals surface area contributed by atoms with Gasteiger partial charge in [0.2, 0.25) is 0 Å². The van der Waals surface area contributed by atoms with Crippen molar-refractivity contribution in [1.82, 2.24) is 25.7 Å². The first-order valence-electron chi connectivity index (χ1n) is 21.4. The number of carbonyl (C=O) groups is 8. The van der Waals surface area contributed by atoms with E-state index in [0.29, 0.717) is 85.3 Å². The Labute approximate surface area is 393 Å². The molecule has 0 spiro atoms. The van der Waals surface area contributed by atoms with Crippen LogP contribution in [-0.4, -0.2) is 109 Å². The van der Waals surface area contributed by atoms with Crippen LogP contribution in [0.4, 0.5) is 17.3 Å². The molecule has 12 N–H and O–H groups in total. The second-order valence-electron chi connectivity index (χ2n) is 14.7. The molecule has 0 aliphatic carbocycles. The Balaban J connectivity index is 0.000000473. The van der Waals surface area contributed by atoms with E-state index in [4.69, 9.17) is 31.7 Å². The van der Waals surface area contributed by atoms with Crippen molar-refractivity contribution >= 4 is 76.3 Å². The normalized spacial score (nSPS) is 11.1. The van der Waals surface area contributed by atoms with Crippen molar-refractivity contribution in [3.05, 3.63) is 77.6 Å². The van der Waals surface area contributed by atoms with Crippen LogP contribution in [0.2, 0.25) is 0 Å². The summed E-state index contributed by atoms with van der Waals surface area (Å²) in [6.07, 6.45) is 7.39. The molecule has 3 heterocycles. The molecule has 0 saturated carbocycles. The predicted octanol–water partition coefficient (Wildman–Crippen LogP) is 4.14. The van der Waals surface area contributed by atoms with E-state index in [2.05, 4.69) is 47.1 Å². The van der Waals surface area contributed by atoms with Crippen LogP contribution < -0.4 is 38.5 Å². The number of benzene rings is 1. The Kier molecular flexibility index (Phi) is 28.7. The average molecular weight is 951 g/mol. The fraction of sp³-hybridized carbons (Fsp3) is 0.409. The molecule has 370 valence electrons. The molecule has 0 bridgehead atoms. The van der Waals surface area contributed by atoms with Crippen molar-refractivity contribution in [2.24, 2.45) is 21.8 Å². The number of hydroxylamine groups is 2. The largest absolute Gasteiger partial charge is 0.481 e. The molecule has 4 amide bonds. The number of hydrogen-bond donors (Lipinski definition) is 10. The van der Waals surface area contributed by atoms with Crippen LogP contribution in [0.3, 0.4) is 0 Å². The fourth-order valence-electron chi connectivity index (χ4n) is 4.86. The molecule has 24 nitrogen and oxygen atoms in total. The lowest BCUT2D eigenvalue weighted by Gasteiger charge is -2.12. The molecule has 3 aromatic rings. The number of aliphatic carboxylic acids is 3. The maximum Gasteiger partial charge on any atom is 0.363 e. The van der Waals surface area contributed by atoms with Gasteiger partial charge in [0.05, 0.1) is 22.4 Å². The molecule has 1 aromatic carbocycles. The number of nitrogens with zero attached hydrogens (tertiary/aromatic N) is 5. The summed E-state index contributed by atoms with van der Waals surface area (Å²) in [5.41, 5.74) is 16.7. The first-order valence-corrected chi connectivity index (χ1v) is 21.4. The first kappa shape index (κ1) is 58.2. The number of anilines is 3. The van der Waals surface area contributed by atoms with Crippen molar-refractivity contribution in [1.29, 1.82) is 0 Å². The number of nitrogens with one attached hydrogen (secondary N) is 5. The number of nitrogens with two attached hydrogens (primary N) is 2. The summed E-state index contributed by atoms with van der Waals surface area (Å²) in [7, 11) is 0. The van der Waals surface area contributed by atoms with E-state index in [-0.39, 0.29) is 49.5 Å². The Morgan fingerprint density at radius 1 is 0.618 bits per heavy atom. The summed E-state index contributed by atoms with van der Waals surface area (Å²) in [6, 6.07) is 12.9.